The third kappa shape index (κ3) is 3.67. The van der Waals surface area contributed by atoms with Crippen LogP contribution in [0, 0.1) is 11.3 Å². The van der Waals surface area contributed by atoms with Crippen molar-refractivity contribution < 1.29 is 0 Å². The molecule has 0 aromatic heterocycles. The molecule has 1 N–H and O–H groups in total. The average Bonchev–Trinajstić information content (AvgIpc) is 2.40. The Morgan fingerprint density at radius 3 is 2.48 bits per heavy atom. The van der Waals surface area contributed by atoms with Crippen LogP contribution in [0.5, 0.6) is 0 Å². The molecule has 21 heavy (non-hydrogen) atoms. The van der Waals surface area contributed by atoms with E-state index in [9.17, 15) is 0 Å². The number of benzene rings is 1. The van der Waals surface area contributed by atoms with Gasteiger partial charge in [0.1, 0.15) is 0 Å². The van der Waals surface area contributed by atoms with E-state index in [0.29, 0.717) is 28.0 Å². The van der Waals surface area contributed by atoms with Crippen molar-refractivity contribution in [1.82, 2.24) is 5.32 Å². The van der Waals surface area contributed by atoms with Gasteiger partial charge in [-0.1, -0.05) is 63.9 Å². The predicted molar refractivity (Wildman–Crippen MR) is 93.7 cm³/mol. The van der Waals surface area contributed by atoms with Crippen molar-refractivity contribution in [1.29, 1.82) is 0 Å². The van der Waals surface area contributed by atoms with Gasteiger partial charge in [0.05, 0.1) is 15.7 Å². The highest BCUT2D eigenvalue weighted by Gasteiger charge is 2.36. The number of nitrogens with zero attached hydrogens (tertiary/aromatic N) is 1. The van der Waals surface area contributed by atoms with E-state index in [-0.39, 0.29) is 5.41 Å². The summed E-state index contributed by atoms with van der Waals surface area (Å²) in [5.41, 5.74) is 1.27. The van der Waals surface area contributed by atoms with E-state index in [1.54, 1.807) is 0 Å². The molecule has 0 saturated carbocycles. The third-order valence-corrected chi connectivity index (χ3v) is 5.22. The van der Waals surface area contributed by atoms with Gasteiger partial charge in [-0.05, 0) is 23.5 Å². The van der Waals surface area contributed by atoms with Crippen molar-refractivity contribution >= 4 is 28.9 Å². The first-order chi connectivity index (χ1) is 9.71. The Morgan fingerprint density at radius 1 is 1.24 bits per heavy atom. The van der Waals surface area contributed by atoms with Gasteiger partial charge in [-0.2, -0.15) is 0 Å². The largest absolute Gasteiger partial charge is 0.364 e. The van der Waals surface area contributed by atoms with Crippen LogP contribution in [0.2, 0.25) is 10.0 Å². The topological polar surface area (TPSA) is 15.3 Å². The summed E-state index contributed by atoms with van der Waals surface area (Å²) >= 11 is 12.7. The first-order valence-electron chi connectivity index (χ1n) is 7.66. The van der Waals surface area contributed by atoms with Gasteiger partial charge >= 0.3 is 0 Å². The summed E-state index contributed by atoms with van der Waals surface area (Å²) in [6.07, 6.45) is 0. The predicted octanol–water partition coefficient (Wildman–Crippen LogP) is 4.84. The molecule has 2 rings (SSSR count). The molecule has 2 unspecified atom stereocenters. The summed E-state index contributed by atoms with van der Waals surface area (Å²) in [5, 5.41) is 5.00. The van der Waals surface area contributed by atoms with Gasteiger partial charge in [0.25, 0.3) is 0 Å². The quantitative estimate of drug-likeness (QED) is 0.835. The Labute approximate surface area is 138 Å². The minimum atomic E-state index is 0.214. The highest BCUT2D eigenvalue weighted by Crippen LogP contribution is 2.36. The lowest BCUT2D eigenvalue weighted by atomic mass is 9.83. The van der Waals surface area contributed by atoms with Gasteiger partial charge in [0.15, 0.2) is 0 Å². The van der Waals surface area contributed by atoms with Crippen molar-refractivity contribution in [2.75, 3.05) is 18.0 Å². The third-order valence-electron chi connectivity index (χ3n) is 4.41. The molecule has 2 atom stereocenters. The van der Waals surface area contributed by atoms with Gasteiger partial charge < -0.3 is 10.2 Å². The van der Waals surface area contributed by atoms with Crippen LogP contribution in [0.3, 0.4) is 0 Å². The maximum absolute atomic E-state index is 6.46. The van der Waals surface area contributed by atoms with Crippen molar-refractivity contribution in [3.05, 3.63) is 28.2 Å². The molecule has 4 heteroatoms. The van der Waals surface area contributed by atoms with E-state index in [4.69, 9.17) is 23.2 Å². The molecular weight excluding hydrogens is 303 g/mol. The zero-order chi connectivity index (χ0) is 15.8. The molecular formula is C17H26Cl2N2. The second kappa shape index (κ2) is 6.36. The lowest BCUT2D eigenvalue weighted by molar-refractivity contribution is 0.221. The van der Waals surface area contributed by atoms with Gasteiger partial charge in [-0.3, -0.25) is 0 Å². The summed E-state index contributed by atoms with van der Waals surface area (Å²) in [4.78, 5) is 2.44. The molecule has 1 saturated heterocycles. The van der Waals surface area contributed by atoms with Crippen molar-refractivity contribution in [3.63, 3.8) is 0 Å². The molecule has 0 radical (unpaired) electrons. The van der Waals surface area contributed by atoms with Crippen LogP contribution in [0.4, 0.5) is 5.69 Å². The summed E-state index contributed by atoms with van der Waals surface area (Å²) < 4.78 is 0. The van der Waals surface area contributed by atoms with E-state index in [0.717, 1.165) is 18.8 Å². The first-order valence-corrected chi connectivity index (χ1v) is 8.41. The Balaban J connectivity index is 2.36. The zero-order valence-corrected chi connectivity index (χ0v) is 15.1. The summed E-state index contributed by atoms with van der Waals surface area (Å²) in [7, 11) is 0. The molecule has 1 aromatic carbocycles. The van der Waals surface area contributed by atoms with Crippen LogP contribution in [-0.2, 0) is 0 Å². The van der Waals surface area contributed by atoms with E-state index in [2.05, 4.69) is 50.9 Å². The van der Waals surface area contributed by atoms with Crippen LogP contribution < -0.4 is 10.2 Å². The summed E-state index contributed by atoms with van der Waals surface area (Å²) in [6.45, 7) is 13.3. The summed E-state index contributed by atoms with van der Waals surface area (Å²) in [6, 6.07) is 6.77. The van der Waals surface area contributed by atoms with Crippen LogP contribution in [0.1, 0.15) is 34.6 Å². The molecule has 1 aromatic rings. The standard InChI is InChI=1S/C17H26Cl2N2/c1-11(2)14-9-20-15(17(3,4)5)10-21(14)13-8-6-7-12(18)16(13)19/h6-8,11,14-15,20H,9-10H2,1-5H3. The minimum absolute atomic E-state index is 0.214. The fourth-order valence-corrected chi connectivity index (χ4v) is 3.34. The van der Waals surface area contributed by atoms with Crippen LogP contribution in [0.15, 0.2) is 18.2 Å². The number of rotatable bonds is 2. The normalized spacial score (nSPS) is 23.7. The van der Waals surface area contributed by atoms with Gasteiger partial charge in [0.2, 0.25) is 0 Å². The second-order valence-electron chi connectivity index (χ2n) is 7.36. The molecule has 0 amide bonds. The maximum Gasteiger partial charge on any atom is 0.0825 e. The molecule has 0 bridgehead atoms. The van der Waals surface area contributed by atoms with E-state index in [1.165, 1.54) is 0 Å². The van der Waals surface area contributed by atoms with Crippen LogP contribution in [-0.4, -0.2) is 25.2 Å². The second-order valence-corrected chi connectivity index (χ2v) is 8.15. The van der Waals surface area contributed by atoms with E-state index < -0.39 is 0 Å². The van der Waals surface area contributed by atoms with Gasteiger partial charge in [0, 0.05) is 25.2 Å². The lowest BCUT2D eigenvalue weighted by Crippen LogP contribution is -2.62. The number of anilines is 1. The maximum atomic E-state index is 6.46. The van der Waals surface area contributed by atoms with Gasteiger partial charge in [-0.15, -0.1) is 0 Å². The number of piperazine rings is 1. The Bertz CT molecular complexity index is 494. The number of hydrogen-bond acceptors (Lipinski definition) is 2. The zero-order valence-electron chi connectivity index (χ0n) is 13.6. The molecule has 1 fully saturated rings. The molecule has 118 valence electrons. The molecule has 1 aliphatic rings. The number of hydrogen-bond donors (Lipinski definition) is 1. The Kier molecular flexibility index (Phi) is 5.12. The fraction of sp³-hybridized carbons (Fsp3) is 0.647. The Morgan fingerprint density at radius 2 is 1.90 bits per heavy atom. The highest BCUT2D eigenvalue weighted by molar-refractivity contribution is 6.43. The average molecular weight is 329 g/mol. The van der Waals surface area contributed by atoms with E-state index in [1.807, 2.05) is 12.1 Å². The molecule has 1 heterocycles. The molecule has 2 nitrogen and oxygen atoms in total. The van der Waals surface area contributed by atoms with Crippen LogP contribution >= 0.6 is 23.2 Å². The molecule has 0 spiro atoms. The Hall–Kier alpha value is -0.440. The first kappa shape index (κ1) is 16.9. The molecule has 0 aliphatic carbocycles. The lowest BCUT2D eigenvalue weighted by Gasteiger charge is -2.48. The smallest absolute Gasteiger partial charge is 0.0825 e. The SMILES string of the molecule is CC(C)C1CNC(C(C)(C)C)CN1c1cccc(Cl)c1Cl. The van der Waals surface area contributed by atoms with E-state index >= 15 is 0 Å². The fourth-order valence-electron chi connectivity index (χ4n) is 2.94. The number of nitrogens with one attached hydrogen (secondary N) is 1. The molecule has 1 aliphatic heterocycles. The van der Waals surface area contributed by atoms with Gasteiger partial charge in [-0.25, -0.2) is 0 Å². The highest BCUT2D eigenvalue weighted by atomic mass is 35.5. The van der Waals surface area contributed by atoms with Crippen molar-refractivity contribution in [2.24, 2.45) is 11.3 Å². The van der Waals surface area contributed by atoms with Crippen LogP contribution in [0.25, 0.3) is 0 Å². The monoisotopic (exact) mass is 328 g/mol. The minimum Gasteiger partial charge on any atom is -0.364 e. The number of halogens is 2. The van der Waals surface area contributed by atoms with Crippen molar-refractivity contribution in [2.45, 2.75) is 46.7 Å². The summed E-state index contributed by atoms with van der Waals surface area (Å²) in [5.74, 6) is 0.550. The van der Waals surface area contributed by atoms with Crippen molar-refractivity contribution in [3.8, 4) is 0 Å².